The van der Waals surface area contributed by atoms with Crippen LogP contribution in [0.2, 0.25) is 0 Å². The Kier molecular flexibility index (Phi) is 2.49. The van der Waals surface area contributed by atoms with Crippen LogP contribution in [0.4, 0.5) is 0 Å². The first-order valence-corrected chi connectivity index (χ1v) is 9.14. The van der Waals surface area contributed by atoms with Gasteiger partial charge in [0.2, 0.25) is 0 Å². The summed E-state index contributed by atoms with van der Waals surface area (Å²) < 4.78 is 0. The Morgan fingerprint density at radius 2 is 0.792 bits per heavy atom. The number of hydrogen-bond acceptors (Lipinski definition) is 0. The molecular formula is C24H20. The second-order valence-electron chi connectivity index (χ2n) is 7.71. The molecule has 0 heteroatoms. The fourth-order valence-corrected chi connectivity index (χ4v) is 6.12. The molecule has 6 atom stereocenters. The van der Waals surface area contributed by atoms with Crippen molar-refractivity contribution in [1.82, 2.24) is 0 Å². The fourth-order valence-electron chi connectivity index (χ4n) is 6.12. The first kappa shape index (κ1) is 13.0. The van der Waals surface area contributed by atoms with Gasteiger partial charge in [-0.2, -0.15) is 0 Å². The molecule has 0 spiro atoms. The second-order valence-corrected chi connectivity index (χ2v) is 7.71. The standard InChI is InChI=1S/C24H20/c1-3-9-15(10-4-1)19-21-17-13-7-8-14-18(17)22(19)24-20(23(21)24)16-11-5-2-6-12-16/h1-14,19-24H/t19?,20?,21-,22+,23+,24-. The maximum absolute atomic E-state index is 2.40. The van der Waals surface area contributed by atoms with Crippen LogP contribution < -0.4 is 0 Å². The van der Waals surface area contributed by atoms with Crippen LogP contribution in [-0.4, -0.2) is 0 Å². The van der Waals surface area contributed by atoms with Crippen molar-refractivity contribution in [3.05, 3.63) is 107 Å². The minimum Gasteiger partial charge on any atom is -0.0622 e. The lowest BCUT2D eigenvalue weighted by atomic mass is 9.80. The van der Waals surface area contributed by atoms with Crippen LogP contribution in [0.3, 0.4) is 0 Å². The average molecular weight is 308 g/mol. The zero-order chi connectivity index (χ0) is 15.7. The highest BCUT2D eigenvalue weighted by Crippen LogP contribution is 2.81. The van der Waals surface area contributed by atoms with Gasteiger partial charge in [0.1, 0.15) is 0 Å². The van der Waals surface area contributed by atoms with Gasteiger partial charge in [0.25, 0.3) is 0 Å². The molecule has 0 N–H and O–H groups in total. The molecule has 2 fully saturated rings. The van der Waals surface area contributed by atoms with Gasteiger partial charge < -0.3 is 0 Å². The third-order valence-electron chi connectivity index (χ3n) is 6.82. The SMILES string of the molecule is c1ccc(C2[C@@H]3[C@H]2[C@H]2c4ccccc4[C@@H]3C2c2ccccc2)cc1. The quantitative estimate of drug-likeness (QED) is 0.570. The van der Waals surface area contributed by atoms with Gasteiger partial charge in [0.15, 0.2) is 0 Å². The molecule has 24 heavy (non-hydrogen) atoms. The Balaban J connectivity index is 1.47. The number of fused-ring (bicyclic) bond motifs is 8. The van der Waals surface area contributed by atoms with Crippen LogP contribution in [0.25, 0.3) is 0 Å². The van der Waals surface area contributed by atoms with E-state index in [0.29, 0.717) is 17.8 Å². The van der Waals surface area contributed by atoms with E-state index in [9.17, 15) is 0 Å². The van der Waals surface area contributed by atoms with Gasteiger partial charge in [-0.15, -0.1) is 0 Å². The molecule has 0 radical (unpaired) electrons. The van der Waals surface area contributed by atoms with E-state index in [4.69, 9.17) is 0 Å². The van der Waals surface area contributed by atoms with Gasteiger partial charge in [0, 0.05) is 0 Å². The molecular weight excluding hydrogens is 288 g/mol. The van der Waals surface area contributed by atoms with Crippen LogP contribution in [0.5, 0.6) is 0 Å². The summed E-state index contributed by atoms with van der Waals surface area (Å²) in [4.78, 5) is 0. The van der Waals surface area contributed by atoms with E-state index in [1.807, 2.05) is 0 Å². The second kappa shape index (κ2) is 4.60. The van der Waals surface area contributed by atoms with Crippen LogP contribution >= 0.6 is 0 Å². The lowest BCUT2D eigenvalue weighted by molar-refractivity contribution is 0.516. The topological polar surface area (TPSA) is 0 Å². The molecule has 0 nitrogen and oxygen atoms in total. The van der Waals surface area contributed by atoms with E-state index in [1.165, 1.54) is 0 Å². The molecule has 0 amide bonds. The Labute approximate surface area is 143 Å². The van der Waals surface area contributed by atoms with Gasteiger partial charge in [-0.1, -0.05) is 84.9 Å². The van der Waals surface area contributed by atoms with E-state index in [-0.39, 0.29) is 0 Å². The molecule has 3 aliphatic carbocycles. The van der Waals surface area contributed by atoms with E-state index in [1.54, 1.807) is 22.3 Å². The normalized spacial score (nSPS) is 34.7. The molecule has 2 unspecified atom stereocenters. The predicted molar refractivity (Wildman–Crippen MR) is 97.3 cm³/mol. The van der Waals surface area contributed by atoms with E-state index in [0.717, 1.165) is 17.8 Å². The van der Waals surface area contributed by atoms with Crippen molar-refractivity contribution in [2.75, 3.05) is 0 Å². The van der Waals surface area contributed by atoms with Crippen LogP contribution in [0.1, 0.15) is 45.9 Å². The molecule has 3 aliphatic rings. The lowest BCUT2D eigenvalue weighted by Gasteiger charge is -2.23. The van der Waals surface area contributed by atoms with Crippen LogP contribution in [0.15, 0.2) is 84.9 Å². The summed E-state index contributed by atoms with van der Waals surface area (Å²) in [6.07, 6.45) is 0. The van der Waals surface area contributed by atoms with Crippen molar-refractivity contribution in [3.63, 3.8) is 0 Å². The highest BCUT2D eigenvalue weighted by Gasteiger charge is 2.71. The minimum atomic E-state index is 0.693. The van der Waals surface area contributed by atoms with Gasteiger partial charge in [0.05, 0.1) is 0 Å². The largest absolute Gasteiger partial charge is 0.0622 e. The van der Waals surface area contributed by atoms with E-state index in [2.05, 4.69) is 84.9 Å². The third-order valence-corrected chi connectivity index (χ3v) is 6.82. The summed E-state index contributed by atoms with van der Waals surface area (Å²) in [7, 11) is 0. The monoisotopic (exact) mass is 308 g/mol. The van der Waals surface area contributed by atoms with Crippen LogP contribution in [-0.2, 0) is 0 Å². The molecule has 3 aromatic carbocycles. The van der Waals surface area contributed by atoms with Gasteiger partial charge >= 0.3 is 0 Å². The molecule has 2 bridgehead atoms. The summed E-state index contributed by atoms with van der Waals surface area (Å²) in [5, 5.41) is 0. The van der Waals surface area contributed by atoms with Crippen molar-refractivity contribution in [1.29, 1.82) is 0 Å². The van der Waals surface area contributed by atoms with Crippen molar-refractivity contribution >= 4 is 0 Å². The highest BCUT2D eigenvalue weighted by molar-refractivity contribution is 5.56. The minimum absolute atomic E-state index is 0.693. The Morgan fingerprint density at radius 3 is 1.29 bits per heavy atom. The molecule has 3 aromatic rings. The van der Waals surface area contributed by atoms with Crippen molar-refractivity contribution < 1.29 is 0 Å². The summed E-state index contributed by atoms with van der Waals surface area (Å²) >= 11 is 0. The first-order valence-electron chi connectivity index (χ1n) is 9.14. The van der Waals surface area contributed by atoms with Crippen LogP contribution in [0, 0.1) is 11.8 Å². The predicted octanol–water partition coefficient (Wildman–Crippen LogP) is 5.69. The fraction of sp³-hybridized carbons (Fsp3) is 0.250. The maximum Gasteiger partial charge on any atom is -0.00181 e. The van der Waals surface area contributed by atoms with Gasteiger partial charge in [-0.05, 0) is 57.8 Å². The number of rotatable bonds is 2. The van der Waals surface area contributed by atoms with Crippen molar-refractivity contribution in [2.24, 2.45) is 11.8 Å². The first-order chi connectivity index (χ1) is 11.9. The van der Waals surface area contributed by atoms with Crippen molar-refractivity contribution in [2.45, 2.75) is 23.7 Å². The smallest absolute Gasteiger partial charge is 0.00181 e. The molecule has 0 aliphatic heterocycles. The van der Waals surface area contributed by atoms with E-state index >= 15 is 0 Å². The van der Waals surface area contributed by atoms with Gasteiger partial charge in [-0.25, -0.2) is 0 Å². The average Bonchev–Trinajstić information content (AvgIpc) is 3.19. The Morgan fingerprint density at radius 1 is 0.375 bits per heavy atom. The Hall–Kier alpha value is -2.34. The molecule has 0 aromatic heterocycles. The number of hydrogen-bond donors (Lipinski definition) is 0. The molecule has 2 saturated carbocycles. The van der Waals surface area contributed by atoms with Crippen molar-refractivity contribution in [3.8, 4) is 0 Å². The van der Waals surface area contributed by atoms with Gasteiger partial charge in [-0.3, -0.25) is 0 Å². The zero-order valence-electron chi connectivity index (χ0n) is 13.5. The lowest BCUT2D eigenvalue weighted by Crippen LogP contribution is -2.09. The maximum atomic E-state index is 2.40. The molecule has 6 rings (SSSR count). The van der Waals surface area contributed by atoms with E-state index < -0.39 is 0 Å². The Bertz CT molecular complexity index is 859. The summed E-state index contributed by atoms with van der Waals surface area (Å²) in [5.41, 5.74) is 6.37. The third kappa shape index (κ3) is 1.54. The summed E-state index contributed by atoms with van der Waals surface area (Å²) in [6, 6.07) is 31.7. The number of benzene rings is 3. The molecule has 0 saturated heterocycles. The summed E-state index contributed by atoms with van der Waals surface area (Å²) in [5.74, 6) is 4.58. The molecule has 0 heterocycles. The molecule has 116 valence electrons. The zero-order valence-corrected chi connectivity index (χ0v) is 13.5. The summed E-state index contributed by atoms with van der Waals surface area (Å²) in [6.45, 7) is 0. The highest BCUT2D eigenvalue weighted by atomic mass is 14.7.